The van der Waals surface area contributed by atoms with Crippen LogP contribution in [0, 0.1) is 5.92 Å². The Hall–Kier alpha value is -2.17. The third-order valence-corrected chi connectivity index (χ3v) is 4.53. The Morgan fingerprint density at radius 2 is 2.14 bits per heavy atom. The van der Waals surface area contributed by atoms with E-state index in [9.17, 15) is 4.79 Å². The molecule has 1 heterocycles. The molecular weight excluding hydrogens is 278 g/mol. The van der Waals surface area contributed by atoms with Crippen LogP contribution in [0.3, 0.4) is 0 Å². The number of hydrogen-bond donors (Lipinski definition) is 1. The molecule has 2 saturated carbocycles. The number of benzene rings is 1. The Labute approximate surface area is 129 Å². The molecule has 5 nitrogen and oxygen atoms in total. The van der Waals surface area contributed by atoms with Crippen molar-refractivity contribution >= 4 is 5.91 Å². The maximum Gasteiger partial charge on any atom is 0.251 e. The minimum Gasteiger partial charge on any atom is -0.352 e. The molecule has 22 heavy (non-hydrogen) atoms. The first-order chi connectivity index (χ1) is 10.8. The summed E-state index contributed by atoms with van der Waals surface area (Å²) < 4.78 is 5.28. The predicted molar refractivity (Wildman–Crippen MR) is 81.4 cm³/mol. The molecule has 2 aliphatic carbocycles. The van der Waals surface area contributed by atoms with E-state index >= 15 is 0 Å². The Kier molecular flexibility index (Phi) is 3.41. The molecule has 114 valence electrons. The number of nitrogens with zero attached hydrogens (tertiary/aromatic N) is 2. The second-order valence-electron chi connectivity index (χ2n) is 6.32. The van der Waals surface area contributed by atoms with E-state index in [1.807, 2.05) is 24.3 Å². The average molecular weight is 297 g/mol. The van der Waals surface area contributed by atoms with Crippen LogP contribution in [-0.2, 0) is 0 Å². The summed E-state index contributed by atoms with van der Waals surface area (Å²) in [6, 6.07) is 7.42. The van der Waals surface area contributed by atoms with Gasteiger partial charge in [-0.2, -0.15) is 4.98 Å². The van der Waals surface area contributed by atoms with E-state index in [2.05, 4.69) is 15.5 Å². The van der Waals surface area contributed by atoms with E-state index in [0.717, 1.165) is 30.8 Å². The summed E-state index contributed by atoms with van der Waals surface area (Å²) >= 11 is 0. The summed E-state index contributed by atoms with van der Waals surface area (Å²) in [6.45, 7) is 0.775. The molecule has 2 aromatic rings. The fourth-order valence-electron chi connectivity index (χ4n) is 2.68. The third-order valence-electron chi connectivity index (χ3n) is 4.53. The fourth-order valence-corrected chi connectivity index (χ4v) is 2.68. The van der Waals surface area contributed by atoms with Crippen molar-refractivity contribution in [1.82, 2.24) is 15.5 Å². The van der Waals surface area contributed by atoms with Gasteiger partial charge in [-0.3, -0.25) is 4.79 Å². The molecule has 0 aliphatic heterocycles. The van der Waals surface area contributed by atoms with Crippen LogP contribution >= 0.6 is 0 Å². The van der Waals surface area contributed by atoms with Gasteiger partial charge in [0.25, 0.3) is 5.91 Å². The van der Waals surface area contributed by atoms with E-state index in [4.69, 9.17) is 4.52 Å². The molecule has 1 aromatic carbocycles. The molecule has 0 bridgehead atoms. The minimum atomic E-state index is -0.0281. The monoisotopic (exact) mass is 297 g/mol. The number of rotatable bonds is 5. The van der Waals surface area contributed by atoms with Crippen molar-refractivity contribution in [2.45, 2.75) is 38.0 Å². The average Bonchev–Trinajstić information content (AvgIpc) is 3.23. The fraction of sp³-hybridized carbons (Fsp3) is 0.471. The van der Waals surface area contributed by atoms with Crippen molar-refractivity contribution in [3.63, 3.8) is 0 Å². The van der Waals surface area contributed by atoms with Crippen molar-refractivity contribution in [3.05, 3.63) is 35.7 Å². The van der Waals surface area contributed by atoms with Gasteiger partial charge in [-0.25, -0.2) is 0 Å². The lowest BCUT2D eigenvalue weighted by molar-refractivity contribution is 0.0939. The maximum absolute atomic E-state index is 12.2. The van der Waals surface area contributed by atoms with E-state index in [1.54, 1.807) is 0 Å². The highest BCUT2D eigenvalue weighted by Crippen LogP contribution is 2.39. The molecule has 1 N–H and O–H groups in total. The van der Waals surface area contributed by atoms with Crippen molar-refractivity contribution in [2.75, 3.05) is 6.54 Å². The zero-order valence-electron chi connectivity index (χ0n) is 12.4. The van der Waals surface area contributed by atoms with Gasteiger partial charge in [-0.05, 0) is 43.7 Å². The van der Waals surface area contributed by atoms with Gasteiger partial charge in [-0.1, -0.05) is 23.7 Å². The first-order valence-corrected chi connectivity index (χ1v) is 8.02. The second-order valence-corrected chi connectivity index (χ2v) is 6.32. The van der Waals surface area contributed by atoms with Gasteiger partial charge in [-0.15, -0.1) is 0 Å². The van der Waals surface area contributed by atoms with Crippen LogP contribution in [-0.4, -0.2) is 22.6 Å². The molecule has 0 unspecified atom stereocenters. The number of hydrogen-bond acceptors (Lipinski definition) is 4. The molecule has 0 atom stereocenters. The van der Waals surface area contributed by atoms with E-state index in [1.165, 1.54) is 19.3 Å². The first-order valence-electron chi connectivity index (χ1n) is 8.02. The van der Waals surface area contributed by atoms with Crippen molar-refractivity contribution in [3.8, 4) is 11.4 Å². The Bertz CT molecular complexity index is 687. The SMILES string of the molecule is O=C(NCC1CCC1)c1cccc(-c2noc(C3CC3)n2)c1. The number of amides is 1. The van der Waals surface area contributed by atoms with Gasteiger partial charge < -0.3 is 9.84 Å². The summed E-state index contributed by atoms with van der Waals surface area (Å²) in [4.78, 5) is 16.7. The molecule has 1 aromatic heterocycles. The van der Waals surface area contributed by atoms with Crippen LogP contribution in [0.5, 0.6) is 0 Å². The van der Waals surface area contributed by atoms with E-state index < -0.39 is 0 Å². The van der Waals surface area contributed by atoms with Crippen molar-refractivity contribution in [2.24, 2.45) is 5.92 Å². The summed E-state index contributed by atoms with van der Waals surface area (Å²) in [5.74, 6) is 2.35. The predicted octanol–water partition coefficient (Wildman–Crippen LogP) is 3.14. The highest BCUT2D eigenvalue weighted by Gasteiger charge is 2.29. The molecule has 1 amide bonds. The normalized spacial score (nSPS) is 18.0. The van der Waals surface area contributed by atoms with Crippen LogP contribution in [0.4, 0.5) is 0 Å². The maximum atomic E-state index is 12.2. The van der Waals surface area contributed by atoms with Crippen LogP contribution in [0.2, 0.25) is 0 Å². The number of aromatic nitrogens is 2. The summed E-state index contributed by atoms with van der Waals surface area (Å²) in [5.41, 5.74) is 1.47. The number of carbonyl (C=O) groups excluding carboxylic acids is 1. The van der Waals surface area contributed by atoms with E-state index in [-0.39, 0.29) is 5.91 Å². The molecular formula is C17H19N3O2. The third kappa shape index (κ3) is 2.75. The van der Waals surface area contributed by atoms with Gasteiger partial charge in [0.1, 0.15) is 0 Å². The van der Waals surface area contributed by atoms with Gasteiger partial charge in [0.05, 0.1) is 0 Å². The quantitative estimate of drug-likeness (QED) is 0.920. The zero-order chi connectivity index (χ0) is 14.9. The minimum absolute atomic E-state index is 0.0281. The lowest BCUT2D eigenvalue weighted by Gasteiger charge is -2.25. The first kappa shape index (κ1) is 13.5. The topological polar surface area (TPSA) is 68.0 Å². The summed E-state index contributed by atoms with van der Waals surface area (Å²) in [7, 11) is 0. The smallest absolute Gasteiger partial charge is 0.251 e. The van der Waals surface area contributed by atoms with Gasteiger partial charge >= 0.3 is 0 Å². The Morgan fingerprint density at radius 1 is 1.27 bits per heavy atom. The number of carbonyl (C=O) groups is 1. The highest BCUT2D eigenvalue weighted by molar-refractivity contribution is 5.95. The van der Waals surface area contributed by atoms with Gasteiger partial charge in [0.15, 0.2) is 0 Å². The molecule has 0 spiro atoms. The van der Waals surface area contributed by atoms with Crippen LogP contribution in [0.1, 0.15) is 54.3 Å². The Morgan fingerprint density at radius 3 is 2.86 bits per heavy atom. The molecule has 0 saturated heterocycles. The van der Waals surface area contributed by atoms with Gasteiger partial charge in [0, 0.05) is 23.6 Å². The van der Waals surface area contributed by atoms with Gasteiger partial charge in [0.2, 0.25) is 11.7 Å². The summed E-state index contributed by atoms with van der Waals surface area (Å²) in [6.07, 6.45) is 6.01. The number of nitrogens with one attached hydrogen (secondary N) is 1. The second kappa shape index (κ2) is 5.55. The van der Waals surface area contributed by atoms with Crippen LogP contribution in [0.25, 0.3) is 11.4 Å². The van der Waals surface area contributed by atoms with Crippen LogP contribution < -0.4 is 5.32 Å². The lowest BCUT2D eigenvalue weighted by Crippen LogP contribution is -2.32. The van der Waals surface area contributed by atoms with E-state index in [0.29, 0.717) is 23.2 Å². The van der Waals surface area contributed by atoms with Crippen molar-refractivity contribution < 1.29 is 9.32 Å². The largest absolute Gasteiger partial charge is 0.352 e. The summed E-state index contributed by atoms with van der Waals surface area (Å²) in [5, 5.41) is 7.04. The highest BCUT2D eigenvalue weighted by atomic mass is 16.5. The van der Waals surface area contributed by atoms with Crippen LogP contribution in [0.15, 0.2) is 28.8 Å². The standard InChI is InChI=1S/C17H19N3O2/c21-16(18-10-11-3-1-4-11)14-6-2-5-13(9-14)15-19-17(22-20-15)12-7-8-12/h2,5-6,9,11-12H,1,3-4,7-8,10H2,(H,18,21). The molecule has 2 aliphatic rings. The van der Waals surface area contributed by atoms with Crippen molar-refractivity contribution in [1.29, 1.82) is 0 Å². The lowest BCUT2D eigenvalue weighted by atomic mass is 9.85. The zero-order valence-corrected chi connectivity index (χ0v) is 12.4. The molecule has 2 fully saturated rings. The molecule has 0 radical (unpaired) electrons. The molecule has 4 rings (SSSR count). The molecule has 5 heteroatoms. The Balaban J connectivity index is 1.47.